The summed E-state index contributed by atoms with van der Waals surface area (Å²) in [5.74, 6) is -2.02. The second kappa shape index (κ2) is 12.4. The SMILES string of the molecule is Nc1ncc(CCNC(=O)NC(=O)[C@@H]2CCCN2C(=O)[C@H](CC2CCCC2)CN(O)C=O)cc1F. The molecule has 0 aromatic carbocycles. The number of aromatic nitrogens is 1. The van der Waals surface area contributed by atoms with Crippen molar-refractivity contribution in [2.45, 2.75) is 57.4 Å². The smallest absolute Gasteiger partial charge is 0.321 e. The Bertz CT molecular complexity index is 926. The molecule has 1 saturated carbocycles. The molecule has 1 aromatic rings. The van der Waals surface area contributed by atoms with Gasteiger partial charge in [0.1, 0.15) is 6.04 Å². The van der Waals surface area contributed by atoms with Gasteiger partial charge in [-0.25, -0.2) is 19.2 Å². The number of hydrogen-bond acceptors (Lipinski definition) is 7. The topological polar surface area (TPSA) is 158 Å². The summed E-state index contributed by atoms with van der Waals surface area (Å²) in [6.45, 7) is 0.367. The number of urea groups is 1. The third-order valence-corrected chi connectivity index (χ3v) is 6.67. The minimum absolute atomic E-state index is 0.134. The van der Waals surface area contributed by atoms with Crippen LogP contribution < -0.4 is 16.4 Å². The highest BCUT2D eigenvalue weighted by molar-refractivity contribution is 5.99. The Labute approximate surface area is 203 Å². The van der Waals surface area contributed by atoms with Crippen molar-refractivity contribution in [2.75, 3.05) is 25.4 Å². The minimum atomic E-state index is -0.807. The van der Waals surface area contributed by atoms with Gasteiger partial charge in [0.05, 0.1) is 12.5 Å². The van der Waals surface area contributed by atoms with Crippen LogP contribution in [0, 0.1) is 17.7 Å². The van der Waals surface area contributed by atoms with Crippen molar-refractivity contribution in [3.8, 4) is 0 Å². The molecular formula is C23H33FN6O5. The number of likely N-dealkylation sites (tertiary alicyclic amines) is 1. The van der Waals surface area contributed by atoms with Crippen LogP contribution in [0.15, 0.2) is 12.3 Å². The monoisotopic (exact) mass is 492 g/mol. The van der Waals surface area contributed by atoms with E-state index in [1.165, 1.54) is 17.2 Å². The molecule has 2 fully saturated rings. The molecule has 3 rings (SSSR count). The number of halogens is 1. The van der Waals surface area contributed by atoms with E-state index in [-0.39, 0.29) is 37.6 Å². The molecule has 1 aliphatic carbocycles. The number of hydroxylamine groups is 2. The number of amides is 5. The second-order valence-corrected chi connectivity index (χ2v) is 9.21. The molecule has 1 saturated heterocycles. The summed E-state index contributed by atoms with van der Waals surface area (Å²) in [5.41, 5.74) is 5.88. The van der Waals surface area contributed by atoms with E-state index in [9.17, 15) is 28.8 Å². The highest BCUT2D eigenvalue weighted by Gasteiger charge is 2.39. The fraction of sp³-hybridized carbons (Fsp3) is 0.609. The number of carbonyl (C=O) groups is 4. The summed E-state index contributed by atoms with van der Waals surface area (Å²) in [6.07, 6.45) is 7.70. The molecule has 2 atom stereocenters. The van der Waals surface area contributed by atoms with Crippen LogP contribution in [0.5, 0.6) is 0 Å². The molecule has 35 heavy (non-hydrogen) atoms. The molecule has 11 nitrogen and oxygen atoms in total. The lowest BCUT2D eigenvalue weighted by Crippen LogP contribution is -2.52. The van der Waals surface area contributed by atoms with Crippen molar-refractivity contribution in [1.29, 1.82) is 0 Å². The first-order valence-electron chi connectivity index (χ1n) is 12.0. The number of rotatable bonds is 10. The number of nitrogens with one attached hydrogen (secondary N) is 2. The Morgan fingerprint density at radius 1 is 1.29 bits per heavy atom. The van der Waals surface area contributed by atoms with E-state index >= 15 is 0 Å². The van der Waals surface area contributed by atoms with Gasteiger partial charge in [0.2, 0.25) is 12.3 Å². The van der Waals surface area contributed by atoms with Crippen LogP contribution in [0.2, 0.25) is 0 Å². The number of anilines is 1. The first kappa shape index (κ1) is 26.3. The Hall–Kier alpha value is -3.28. The van der Waals surface area contributed by atoms with Gasteiger partial charge in [-0.1, -0.05) is 25.7 Å². The lowest BCUT2D eigenvalue weighted by Gasteiger charge is -2.30. The van der Waals surface area contributed by atoms with Crippen molar-refractivity contribution >= 4 is 30.1 Å². The predicted octanol–water partition coefficient (Wildman–Crippen LogP) is 1.21. The molecule has 1 aromatic heterocycles. The molecular weight excluding hydrogens is 459 g/mol. The van der Waals surface area contributed by atoms with Gasteiger partial charge in [-0.15, -0.1) is 0 Å². The molecule has 1 aliphatic heterocycles. The van der Waals surface area contributed by atoms with Crippen molar-refractivity contribution in [3.63, 3.8) is 0 Å². The second-order valence-electron chi connectivity index (χ2n) is 9.21. The van der Waals surface area contributed by atoms with Crippen molar-refractivity contribution in [1.82, 2.24) is 25.6 Å². The molecule has 0 spiro atoms. The first-order chi connectivity index (χ1) is 16.8. The summed E-state index contributed by atoms with van der Waals surface area (Å²) >= 11 is 0. The minimum Gasteiger partial charge on any atom is -0.381 e. The van der Waals surface area contributed by atoms with Gasteiger partial charge in [0.15, 0.2) is 11.6 Å². The summed E-state index contributed by atoms with van der Waals surface area (Å²) < 4.78 is 13.5. The largest absolute Gasteiger partial charge is 0.381 e. The number of pyridine rings is 1. The molecule has 0 unspecified atom stereocenters. The average Bonchev–Trinajstić information content (AvgIpc) is 3.52. The molecule has 12 heteroatoms. The zero-order valence-electron chi connectivity index (χ0n) is 19.6. The lowest BCUT2D eigenvalue weighted by atomic mass is 9.91. The van der Waals surface area contributed by atoms with Crippen molar-refractivity contribution < 1.29 is 28.8 Å². The number of imide groups is 1. The summed E-state index contributed by atoms with van der Waals surface area (Å²) in [6, 6.07) is -0.295. The van der Waals surface area contributed by atoms with E-state index in [0.29, 0.717) is 42.4 Å². The van der Waals surface area contributed by atoms with E-state index in [1.807, 2.05) is 0 Å². The number of carbonyl (C=O) groups excluding carboxylic acids is 4. The van der Waals surface area contributed by atoms with Crippen LogP contribution in [0.4, 0.5) is 15.0 Å². The highest BCUT2D eigenvalue weighted by Crippen LogP contribution is 2.32. The van der Waals surface area contributed by atoms with E-state index in [0.717, 1.165) is 25.7 Å². The Balaban J connectivity index is 1.53. The third-order valence-electron chi connectivity index (χ3n) is 6.67. The molecule has 192 valence electrons. The van der Waals surface area contributed by atoms with Gasteiger partial charge in [0, 0.05) is 19.3 Å². The Morgan fingerprint density at radius 2 is 2.03 bits per heavy atom. The van der Waals surface area contributed by atoms with Crippen LogP contribution in [0.25, 0.3) is 0 Å². The Kier molecular flexibility index (Phi) is 9.35. The number of nitrogens with zero attached hydrogens (tertiary/aromatic N) is 3. The summed E-state index contributed by atoms with van der Waals surface area (Å²) in [4.78, 5) is 54.4. The van der Waals surface area contributed by atoms with Gasteiger partial charge in [-0.3, -0.25) is 24.9 Å². The first-order valence-corrected chi connectivity index (χ1v) is 12.0. The molecule has 2 heterocycles. The maximum atomic E-state index is 13.5. The number of hydrogen-bond donors (Lipinski definition) is 4. The quantitative estimate of drug-likeness (QED) is 0.217. The molecule has 5 N–H and O–H groups in total. The molecule has 0 bridgehead atoms. The van der Waals surface area contributed by atoms with Crippen LogP contribution >= 0.6 is 0 Å². The maximum Gasteiger partial charge on any atom is 0.321 e. The number of nitrogen functional groups attached to an aromatic ring is 1. The third kappa shape index (κ3) is 7.35. The van der Waals surface area contributed by atoms with E-state index in [4.69, 9.17) is 5.73 Å². The van der Waals surface area contributed by atoms with Gasteiger partial charge >= 0.3 is 6.03 Å². The summed E-state index contributed by atoms with van der Waals surface area (Å²) in [7, 11) is 0. The standard InChI is InChI=1S/C23H33FN6O5/c24-18-11-16(12-27-20(18)25)7-8-26-23(34)28-21(32)19-6-3-9-30(19)22(33)17(13-29(35)14-31)10-15-4-1-2-5-15/h11-12,14-15,17,19,35H,1-10,13H2,(H2,25,27)(H2,26,28,32,34)/t17-,19+/m1/s1. The zero-order valence-corrected chi connectivity index (χ0v) is 19.6. The maximum absolute atomic E-state index is 13.5. The molecule has 0 radical (unpaired) electrons. The average molecular weight is 493 g/mol. The fourth-order valence-electron chi connectivity index (χ4n) is 4.89. The van der Waals surface area contributed by atoms with Crippen LogP contribution in [0.3, 0.4) is 0 Å². The van der Waals surface area contributed by atoms with Crippen molar-refractivity contribution in [3.05, 3.63) is 23.6 Å². The Morgan fingerprint density at radius 3 is 2.71 bits per heavy atom. The highest BCUT2D eigenvalue weighted by atomic mass is 19.1. The van der Waals surface area contributed by atoms with Crippen LogP contribution in [0.1, 0.15) is 50.5 Å². The van der Waals surface area contributed by atoms with E-state index < -0.39 is 29.7 Å². The fourth-order valence-corrected chi connectivity index (χ4v) is 4.89. The van der Waals surface area contributed by atoms with Gasteiger partial charge in [0.25, 0.3) is 5.91 Å². The van der Waals surface area contributed by atoms with E-state index in [1.54, 1.807) is 0 Å². The van der Waals surface area contributed by atoms with Crippen molar-refractivity contribution in [2.24, 2.45) is 11.8 Å². The zero-order chi connectivity index (χ0) is 25.4. The predicted molar refractivity (Wildman–Crippen MR) is 123 cm³/mol. The molecule has 2 aliphatic rings. The van der Waals surface area contributed by atoms with Crippen LogP contribution in [-0.4, -0.2) is 70.1 Å². The van der Waals surface area contributed by atoms with Gasteiger partial charge in [-0.05, 0) is 43.2 Å². The van der Waals surface area contributed by atoms with E-state index in [2.05, 4.69) is 15.6 Å². The lowest BCUT2D eigenvalue weighted by molar-refractivity contribution is -0.158. The molecule has 5 amide bonds. The van der Waals surface area contributed by atoms with Gasteiger partial charge in [-0.2, -0.15) is 0 Å². The van der Waals surface area contributed by atoms with Gasteiger partial charge < -0.3 is 16.0 Å². The normalized spacial score (nSPS) is 18.8. The number of nitrogens with two attached hydrogens (primary N) is 1. The van der Waals surface area contributed by atoms with Crippen LogP contribution in [-0.2, 0) is 20.8 Å². The summed E-state index contributed by atoms with van der Waals surface area (Å²) in [5, 5.41) is 15.0.